The zero-order chi connectivity index (χ0) is 18.0. The smallest absolute Gasteiger partial charge is 0.161 e. The minimum absolute atomic E-state index is 0.691. The fourth-order valence-corrected chi connectivity index (χ4v) is 3.85. The van der Waals surface area contributed by atoms with Crippen LogP contribution in [-0.4, -0.2) is 4.98 Å². The second kappa shape index (κ2) is 5.11. The molecule has 3 aromatic heterocycles. The molecule has 0 amide bonds. The average molecular weight is 350 g/mol. The lowest BCUT2D eigenvalue weighted by Gasteiger charge is -2.03. The molecule has 6 rings (SSSR count). The first-order chi connectivity index (χ1) is 13.3. The van der Waals surface area contributed by atoms with Crippen LogP contribution < -0.4 is 5.73 Å². The van der Waals surface area contributed by atoms with Crippen molar-refractivity contribution in [1.82, 2.24) is 4.98 Å². The number of nitrogens with zero attached hydrogens (tertiary/aromatic N) is 1. The van der Waals surface area contributed by atoms with Crippen molar-refractivity contribution >= 4 is 49.7 Å². The van der Waals surface area contributed by atoms with E-state index < -0.39 is 0 Å². The van der Waals surface area contributed by atoms with Crippen molar-refractivity contribution in [2.45, 2.75) is 0 Å². The Balaban J connectivity index is 1.74. The van der Waals surface area contributed by atoms with Crippen LogP contribution in [-0.2, 0) is 0 Å². The summed E-state index contributed by atoms with van der Waals surface area (Å²) >= 11 is 0. The molecule has 0 spiro atoms. The van der Waals surface area contributed by atoms with E-state index in [0.717, 1.165) is 55.1 Å². The summed E-state index contributed by atoms with van der Waals surface area (Å²) in [4.78, 5) is 4.54. The molecule has 0 aliphatic heterocycles. The van der Waals surface area contributed by atoms with Crippen LogP contribution in [0.2, 0.25) is 0 Å². The number of anilines is 1. The third-order valence-electron chi connectivity index (χ3n) is 5.07. The number of furan rings is 2. The molecule has 27 heavy (non-hydrogen) atoms. The molecule has 0 saturated carbocycles. The molecule has 0 fully saturated rings. The van der Waals surface area contributed by atoms with Crippen LogP contribution in [0.1, 0.15) is 0 Å². The maximum absolute atomic E-state index is 6.20. The van der Waals surface area contributed by atoms with E-state index >= 15 is 0 Å². The van der Waals surface area contributed by atoms with Gasteiger partial charge in [0, 0.05) is 39.2 Å². The molecule has 0 aliphatic rings. The normalized spacial score (nSPS) is 11.9. The number of hydrogen-bond donors (Lipinski definition) is 1. The van der Waals surface area contributed by atoms with Crippen molar-refractivity contribution in [2.24, 2.45) is 0 Å². The van der Waals surface area contributed by atoms with Gasteiger partial charge < -0.3 is 14.6 Å². The molecule has 2 N–H and O–H groups in total. The van der Waals surface area contributed by atoms with Gasteiger partial charge in [-0.3, -0.25) is 4.98 Å². The standard InChI is InChI=1S/C23H14N2O2/c24-13-8-9-20-18(12-13)21-23(27-20)17(10-11-25-21)16-6-3-5-15-14-4-1-2-7-19(14)26-22(15)16/h1-12H,24H2. The number of aromatic nitrogens is 1. The Hall–Kier alpha value is -3.79. The van der Waals surface area contributed by atoms with Gasteiger partial charge in [0.1, 0.15) is 22.3 Å². The van der Waals surface area contributed by atoms with Crippen molar-refractivity contribution in [2.75, 3.05) is 5.73 Å². The quantitative estimate of drug-likeness (QED) is 0.362. The third kappa shape index (κ3) is 1.95. The van der Waals surface area contributed by atoms with Gasteiger partial charge in [-0.1, -0.05) is 36.4 Å². The van der Waals surface area contributed by atoms with Crippen LogP contribution in [0.3, 0.4) is 0 Å². The van der Waals surface area contributed by atoms with Crippen LogP contribution in [0, 0.1) is 0 Å². The van der Waals surface area contributed by atoms with Crippen LogP contribution >= 0.6 is 0 Å². The van der Waals surface area contributed by atoms with Crippen LogP contribution in [0.5, 0.6) is 0 Å². The largest absolute Gasteiger partial charge is 0.455 e. The van der Waals surface area contributed by atoms with E-state index in [2.05, 4.69) is 23.2 Å². The van der Waals surface area contributed by atoms with Gasteiger partial charge in [-0.05, 0) is 30.3 Å². The number of nitrogen functional groups attached to an aromatic ring is 1. The minimum atomic E-state index is 0.691. The van der Waals surface area contributed by atoms with Gasteiger partial charge in [-0.2, -0.15) is 0 Å². The fourth-order valence-electron chi connectivity index (χ4n) is 3.85. The highest BCUT2D eigenvalue weighted by atomic mass is 16.3. The van der Waals surface area contributed by atoms with Crippen molar-refractivity contribution in [1.29, 1.82) is 0 Å². The lowest BCUT2D eigenvalue weighted by atomic mass is 10.0. The molecule has 0 atom stereocenters. The van der Waals surface area contributed by atoms with Gasteiger partial charge in [0.2, 0.25) is 0 Å². The first-order valence-electron chi connectivity index (χ1n) is 8.77. The van der Waals surface area contributed by atoms with E-state index in [0.29, 0.717) is 5.69 Å². The minimum Gasteiger partial charge on any atom is -0.455 e. The first kappa shape index (κ1) is 14.4. The lowest BCUT2D eigenvalue weighted by Crippen LogP contribution is -1.83. The maximum Gasteiger partial charge on any atom is 0.161 e. The van der Waals surface area contributed by atoms with E-state index in [1.54, 1.807) is 6.20 Å². The molecule has 0 saturated heterocycles. The van der Waals surface area contributed by atoms with E-state index in [1.807, 2.05) is 48.5 Å². The number of nitrogens with two attached hydrogens (primary N) is 1. The summed E-state index contributed by atoms with van der Waals surface area (Å²) in [6, 6.07) is 21.9. The lowest BCUT2D eigenvalue weighted by molar-refractivity contribution is 0.664. The molecular formula is C23H14N2O2. The van der Waals surface area contributed by atoms with Gasteiger partial charge in [0.25, 0.3) is 0 Å². The van der Waals surface area contributed by atoms with Crippen molar-refractivity contribution < 1.29 is 8.83 Å². The molecule has 128 valence electrons. The van der Waals surface area contributed by atoms with Gasteiger partial charge in [0.05, 0.1) is 0 Å². The maximum atomic E-state index is 6.20. The Morgan fingerprint density at radius 1 is 0.667 bits per heavy atom. The van der Waals surface area contributed by atoms with Gasteiger partial charge in [0.15, 0.2) is 5.58 Å². The van der Waals surface area contributed by atoms with E-state index in [9.17, 15) is 0 Å². The molecule has 4 heteroatoms. The zero-order valence-corrected chi connectivity index (χ0v) is 14.3. The molecule has 3 heterocycles. The Kier molecular flexibility index (Phi) is 2.72. The number of benzene rings is 3. The number of rotatable bonds is 1. The molecule has 0 aliphatic carbocycles. The van der Waals surface area contributed by atoms with E-state index in [-0.39, 0.29) is 0 Å². The highest BCUT2D eigenvalue weighted by molar-refractivity contribution is 6.13. The summed E-state index contributed by atoms with van der Waals surface area (Å²) in [5, 5.41) is 3.12. The summed E-state index contributed by atoms with van der Waals surface area (Å²) < 4.78 is 12.4. The summed E-state index contributed by atoms with van der Waals surface area (Å²) in [7, 11) is 0. The Morgan fingerprint density at radius 2 is 1.44 bits per heavy atom. The molecule has 0 bridgehead atoms. The Morgan fingerprint density at radius 3 is 2.41 bits per heavy atom. The topological polar surface area (TPSA) is 65.2 Å². The van der Waals surface area contributed by atoms with Crippen LogP contribution in [0.15, 0.2) is 81.8 Å². The number of hydrogen-bond acceptors (Lipinski definition) is 4. The second-order valence-corrected chi connectivity index (χ2v) is 6.67. The first-order valence-corrected chi connectivity index (χ1v) is 8.77. The fraction of sp³-hybridized carbons (Fsp3) is 0. The summed E-state index contributed by atoms with van der Waals surface area (Å²) in [6.45, 7) is 0. The highest BCUT2D eigenvalue weighted by Crippen LogP contribution is 2.40. The van der Waals surface area contributed by atoms with Gasteiger partial charge >= 0.3 is 0 Å². The predicted molar refractivity (Wildman–Crippen MR) is 109 cm³/mol. The van der Waals surface area contributed by atoms with Gasteiger partial charge in [-0.15, -0.1) is 0 Å². The molecule has 3 aromatic carbocycles. The van der Waals surface area contributed by atoms with Gasteiger partial charge in [-0.25, -0.2) is 0 Å². The van der Waals surface area contributed by atoms with Crippen molar-refractivity contribution in [3.63, 3.8) is 0 Å². The SMILES string of the molecule is Nc1ccc2oc3c(-c4cccc5c4oc4ccccc45)ccnc3c2c1. The molecule has 0 unspecified atom stereocenters. The summed E-state index contributed by atoms with van der Waals surface area (Å²) in [6.07, 6.45) is 1.80. The molecule has 4 nitrogen and oxygen atoms in total. The Labute approximate surface area is 153 Å². The Bertz CT molecular complexity index is 1490. The highest BCUT2D eigenvalue weighted by Gasteiger charge is 2.17. The van der Waals surface area contributed by atoms with Crippen LogP contribution in [0.25, 0.3) is 55.1 Å². The van der Waals surface area contributed by atoms with Crippen LogP contribution in [0.4, 0.5) is 5.69 Å². The van der Waals surface area contributed by atoms with Crippen molar-refractivity contribution in [3.8, 4) is 11.1 Å². The second-order valence-electron chi connectivity index (χ2n) is 6.67. The third-order valence-corrected chi connectivity index (χ3v) is 5.07. The molecular weight excluding hydrogens is 336 g/mol. The zero-order valence-electron chi connectivity index (χ0n) is 14.3. The predicted octanol–water partition coefficient (Wildman–Crippen LogP) is 6.13. The van der Waals surface area contributed by atoms with E-state index in [1.165, 1.54) is 0 Å². The van der Waals surface area contributed by atoms with E-state index in [4.69, 9.17) is 14.6 Å². The average Bonchev–Trinajstić information content (AvgIpc) is 3.26. The number of para-hydroxylation sites is 2. The molecule has 6 aromatic rings. The number of fused-ring (bicyclic) bond motifs is 6. The van der Waals surface area contributed by atoms with Crippen molar-refractivity contribution in [3.05, 3.63) is 72.9 Å². The molecule has 0 radical (unpaired) electrons. The summed E-state index contributed by atoms with van der Waals surface area (Å²) in [5.41, 5.74) is 12.6. The monoisotopic (exact) mass is 350 g/mol. The summed E-state index contributed by atoms with van der Waals surface area (Å²) in [5.74, 6) is 0. The number of pyridine rings is 1.